The van der Waals surface area contributed by atoms with Crippen molar-refractivity contribution in [2.75, 3.05) is 13.2 Å². The summed E-state index contributed by atoms with van der Waals surface area (Å²) >= 11 is 0. The average Bonchev–Trinajstić information content (AvgIpc) is 3.45. The van der Waals surface area contributed by atoms with Crippen molar-refractivity contribution in [1.82, 2.24) is 0 Å². The Labute approximate surface area is 488 Å². The Hall–Kier alpha value is -4.19. The fraction of sp³-hybridized carbons (Fsp3) is 0.685. The molecule has 0 radical (unpaired) electrons. The second kappa shape index (κ2) is 66.3. The Kier molecular flexibility index (Phi) is 62.8. The third kappa shape index (κ3) is 64.5. The maximum atomic E-state index is 12.9. The Bertz CT molecular complexity index is 1640. The van der Waals surface area contributed by atoms with Crippen LogP contribution in [0.25, 0.3) is 0 Å². The summed E-state index contributed by atoms with van der Waals surface area (Å²) in [7, 11) is 0. The summed E-state index contributed by atoms with van der Waals surface area (Å²) in [6.45, 7) is 6.50. The number of esters is 3. The zero-order valence-corrected chi connectivity index (χ0v) is 51.6. The fourth-order valence-corrected chi connectivity index (χ4v) is 8.98. The Balaban J connectivity index is 4.34. The van der Waals surface area contributed by atoms with E-state index in [-0.39, 0.29) is 31.1 Å². The number of ether oxygens (including phenoxy) is 3. The molecule has 0 saturated carbocycles. The van der Waals surface area contributed by atoms with Crippen molar-refractivity contribution in [3.8, 4) is 0 Å². The molecule has 0 rings (SSSR count). The molecule has 0 aliphatic rings. The van der Waals surface area contributed by atoms with Crippen LogP contribution in [0.5, 0.6) is 0 Å². The van der Waals surface area contributed by atoms with Gasteiger partial charge in [-0.1, -0.05) is 271 Å². The van der Waals surface area contributed by atoms with Gasteiger partial charge in [0.25, 0.3) is 0 Å². The smallest absolute Gasteiger partial charge is 0.306 e. The van der Waals surface area contributed by atoms with Gasteiger partial charge in [-0.25, -0.2) is 0 Å². The minimum absolute atomic E-state index is 0.0895. The first-order chi connectivity index (χ1) is 39.0. The van der Waals surface area contributed by atoms with E-state index in [0.29, 0.717) is 19.3 Å². The van der Waals surface area contributed by atoms with E-state index in [0.717, 1.165) is 128 Å². The lowest BCUT2D eigenvalue weighted by atomic mass is 10.1. The summed E-state index contributed by atoms with van der Waals surface area (Å²) in [6, 6.07) is 0. The van der Waals surface area contributed by atoms with Crippen LogP contribution in [0.15, 0.2) is 122 Å². The zero-order chi connectivity index (χ0) is 57.1. The van der Waals surface area contributed by atoms with E-state index in [4.69, 9.17) is 14.2 Å². The fourth-order valence-electron chi connectivity index (χ4n) is 8.98. The van der Waals surface area contributed by atoms with Gasteiger partial charge in [-0.15, -0.1) is 0 Å². The van der Waals surface area contributed by atoms with Crippen molar-refractivity contribution in [2.24, 2.45) is 0 Å². The quantitative estimate of drug-likeness (QED) is 0.0261. The monoisotopic (exact) mass is 1090 g/mol. The number of hydrogen-bond donors (Lipinski definition) is 0. The molecule has 0 aliphatic carbocycles. The Morgan fingerprint density at radius 3 is 0.797 bits per heavy atom. The lowest BCUT2D eigenvalue weighted by Crippen LogP contribution is -2.30. The van der Waals surface area contributed by atoms with Gasteiger partial charge in [0.05, 0.1) is 0 Å². The van der Waals surface area contributed by atoms with Gasteiger partial charge in [0, 0.05) is 19.3 Å². The predicted molar refractivity (Wildman–Crippen MR) is 343 cm³/mol. The largest absolute Gasteiger partial charge is 0.462 e. The molecule has 0 amide bonds. The molecule has 0 N–H and O–H groups in total. The molecule has 450 valence electrons. The summed E-state index contributed by atoms with van der Waals surface area (Å²) < 4.78 is 16.9. The van der Waals surface area contributed by atoms with Crippen molar-refractivity contribution in [2.45, 2.75) is 309 Å². The second-order valence-electron chi connectivity index (χ2n) is 21.6. The van der Waals surface area contributed by atoms with Gasteiger partial charge in [-0.3, -0.25) is 14.4 Å². The first kappa shape index (κ1) is 74.8. The lowest BCUT2D eigenvalue weighted by molar-refractivity contribution is -0.167. The van der Waals surface area contributed by atoms with Crippen LogP contribution in [0.3, 0.4) is 0 Å². The molecule has 0 spiro atoms. The van der Waals surface area contributed by atoms with Crippen molar-refractivity contribution in [3.05, 3.63) is 122 Å². The van der Waals surface area contributed by atoms with E-state index >= 15 is 0 Å². The SMILES string of the molecule is CC/C=C\C/C=C\C/C=C\C/C=C\C/C=C\C/C=C\C/C=C\C/C=C\CCCCCCCCC(=O)OCC(COC(=O)CCCCCCC/C=C\CCCCCC)OC(=O)CCCCCCCCC/C=C\CCCCCCCC. The summed E-state index contributed by atoms with van der Waals surface area (Å²) in [4.78, 5) is 38.3. The Morgan fingerprint density at radius 2 is 0.494 bits per heavy atom. The molecule has 0 aromatic rings. The van der Waals surface area contributed by atoms with Crippen LogP contribution in [-0.2, 0) is 28.6 Å². The maximum Gasteiger partial charge on any atom is 0.306 e. The minimum Gasteiger partial charge on any atom is -0.462 e. The number of carbonyl (C=O) groups is 3. The third-order valence-electron chi connectivity index (χ3n) is 13.9. The topological polar surface area (TPSA) is 78.9 Å². The normalized spacial score (nSPS) is 12.9. The van der Waals surface area contributed by atoms with Gasteiger partial charge in [-0.2, -0.15) is 0 Å². The van der Waals surface area contributed by atoms with Crippen LogP contribution in [-0.4, -0.2) is 37.2 Å². The van der Waals surface area contributed by atoms with Crippen molar-refractivity contribution >= 4 is 17.9 Å². The maximum absolute atomic E-state index is 12.9. The summed E-state index contributed by atoms with van der Waals surface area (Å²) in [5.41, 5.74) is 0. The molecular formula is C73H122O6. The summed E-state index contributed by atoms with van der Waals surface area (Å²) in [5, 5.41) is 0. The van der Waals surface area contributed by atoms with Crippen molar-refractivity contribution in [1.29, 1.82) is 0 Å². The average molecular weight is 1100 g/mol. The minimum atomic E-state index is -0.793. The predicted octanol–water partition coefficient (Wildman–Crippen LogP) is 22.8. The molecular weight excluding hydrogens is 973 g/mol. The first-order valence-corrected chi connectivity index (χ1v) is 33.0. The van der Waals surface area contributed by atoms with E-state index in [1.165, 1.54) is 135 Å². The van der Waals surface area contributed by atoms with Gasteiger partial charge in [0.15, 0.2) is 6.10 Å². The van der Waals surface area contributed by atoms with Crippen LogP contribution in [0.2, 0.25) is 0 Å². The number of carbonyl (C=O) groups excluding carboxylic acids is 3. The van der Waals surface area contributed by atoms with E-state index in [9.17, 15) is 14.4 Å². The van der Waals surface area contributed by atoms with Gasteiger partial charge >= 0.3 is 17.9 Å². The first-order valence-electron chi connectivity index (χ1n) is 33.0. The summed E-state index contributed by atoms with van der Waals surface area (Å²) in [6.07, 6.45) is 92.0. The van der Waals surface area contributed by atoms with Gasteiger partial charge < -0.3 is 14.2 Å². The molecule has 0 aromatic heterocycles. The summed E-state index contributed by atoms with van der Waals surface area (Å²) in [5.74, 6) is -0.911. The second-order valence-corrected chi connectivity index (χ2v) is 21.6. The number of hydrogen-bond acceptors (Lipinski definition) is 6. The van der Waals surface area contributed by atoms with Crippen LogP contribution >= 0.6 is 0 Å². The number of unbranched alkanes of at least 4 members (excludes halogenated alkanes) is 28. The molecule has 0 heterocycles. The molecule has 0 aromatic carbocycles. The van der Waals surface area contributed by atoms with E-state index in [1.807, 2.05) is 0 Å². The highest BCUT2D eigenvalue weighted by atomic mass is 16.6. The highest BCUT2D eigenvalue weighted by Gasteiger charge is 2.19. The van der Waals surface area contributed by atoms with Crippen LogP contribution in [0.1, 0.15) is 303 Å². The molecule has 0 aliphatic heterocycles. The standard InChI is InChI=1S/C73H122O6/c1-4-7-10-13-16-19-22-25-27-29-30-31-32-33-34-35-36-37-38-39-40-41-42-44-45-48-51-54-57-60-63-66-72(75)78-69-70(68-77-71(74)65-62-59-56-53-50-47-24-21-18-15-12-9-6-3)79-73(76)67-64-61-58-55-52-49-46-43-28-26-23-20-17-14-11-8-5-2/h7,10,16,19,21,24-28,30-31,33-34,36-37,39-40,42,44,70H,4-6,8-9,11-15,17-18,20,22-23,29,32,35,38,41,43,45-69H2,1-3H3/b10-7-,19-16-,24-21-,27-25-,28-26-,31-30-,34-33-,37-36-,40-39-,44-42-. The molecule has 0 fully saturated rings. The van der Waals surface area contributed by atoms with Gasteiger partial charge in [-0.05, 0) is 135 Å². The zero-order valence-electron chi connectivity index (χ0n) is 51.6. The molecule has 6 heteroatoms. The highest BCUT2D eigenvalue weighted by molar-refractivity contribution is 5.71. The molecule has 1 atom stereocenters. The van der Waals surface area contributed by atoms with E-state index in [1.54, 1.807) is 0 Å². The van der Waals surface area contributed by atoms with E-state index < -0.39 is 6.10 Å². The molecule has 79 heavy (non-hydrogen) atoms. The number of rotatable bonds is 59. The molecule has 0 saturated heterocycles. The molecule has 0 bridgehead atoms. The lowest BCUT2D eigenvalue weighted by Gasteiger charge is -2.18. The third-order valence-corrected chi connectivity index (χ3v) is 13.9. The van der Waals surface area contributed by atoms with Crippen LogP contribution in [0, 0.1) is 0 Å². The van der Waals surface area contributed by atoms with E-state index in [2.05, 4.69) is 142 Å². The highest BCUT2D eigenvalue weighted by Crippen LogP contribution is 2.15. The van der Waals surface area contributed by atoms with Crippen molar-refractivity contribution < 1.29 is 28.6 Å². The van der Waals surface area contributed by atoms with Crippen LogP contribution in [0.4, 0.5) is 0 Å². The Morgan fingerprint density at radius 1 is 0.266 bits per heavy atom. The van der Waals surface area contributed by atoms with Gasteiger partial charge in [0.1, 0.15) is 13.2 Å². The van der Waals surface area contributed by atoms with Gasteiger partial charge in [0.2, 0.25) is 0 Å². The molecule has 6 nitrogen and oxygen atoms in total. The van der Waals surface area contributed by atoms with Crippen LogP contribution < -0.4 is 0 Å². The van der Waals surface area contributed by atoms with Crippen molar-refractivity contribution in [3.63, 3.8) is 0 Å². The molecule has 1 unspecified atom stereocenters. The number of allylic oxidation sites excluding steroid dienone is 20.